The molecule has 2 heteroatoms. The fraction of sp³-hybridized carbons (Fsp3) is 1.00. The first-order chi connectivity index (χ1) is 13.1. The summed E-state index contributed by atoms with van der Waals surface area (Å²) in [7, 11) is 4.38. The zero-order chi connectivity index (χ0) is 20.2. The molecule has 0 aromatic rings. The molecule has 2 nitrogen and oxygen atoms in total. The van der Waals surface area contributed by atoms with Gasteiger partial charge in [0.25, 0.3) is 0 Å². The van der Waals surface area contributed by atoms with Crippen molar-refractivity contribution in [2.45, 2.75) is 104 Å². The predicted octanol–water partition coefficient (Wildman–Crippen LogP) is 5.62. The van der Waals surface area contributed by atoms with Crippen molar-refractivity contribution in [1.29, 1.82) is 0 Å². The molecule has 0 saturated heterocycles. The summed E-state index contributed by atoms with van der Waals surface area (Å²) in [6, 6.07) is 1.38. The van der Waals surface area contributed by atoms with E-state index in [2.05, 4.69) is 59.3 Å². The van der Waals surface area contributed by atoms with Gasteiger partial charge in [-0.1, -0.05) is 27.7 Å². The van der Waals surface area contributed by atoms with Crippen molar-refractivity contribution >= 4 is 0 Å². The monoisotopic (exact) mass is 386 g/mol. The van der Waals surface area contributed by atoms with Crippen LogP contribution in [0.5, 0.6) is 0 Å². The highest BCUT2D eigenvalue weighted by atomic mass is 14.9. The molecule has 2 N–H and O–H groups in total. The summed E-state index contributed by atoms with van der Waals surface area (Å²) < 4.78 is 0. The third-order valence-corrected chi connectivity index (χ3v) is 12.6. The summed E-state index contributed by atoms with van der Waals surface area (Å²) in [6.45, 7) is 13.1. The van der Waals surface area contributed by atoms with Gasteiger partial charge in [0.15, 0.2) is 0 Å². The van der Waals surface area contributed by atoms with E-state index < -0.39 is 0 Å². The van der Waals surface area contributed by atoms with Gasteiger partial charge in [-0.2, -0.15) is 0 Å². The summed E-state index contributed by atoms with van der Waals surface area (Å²) in [5.74, 6) is 2.80. The zero-order valence-electron chi connectivity index (χ0n) is 19.8. The van der Waals surface area contributed by atoms with Crippen LogP contribution in [-0.4, -0.2) is 26.2 Å². The lowest BCUT2D eigenvalue weighted by Crippen LogP contribution is -2.59. The van der Waals surface area contributed by atoms with E-state index in [4.69, 9.17) is 0 Å². The largest absolute Gasteiger partial charge is 0.317 e. The van der Waals surface area contributed by atoms with E-state index in [9.17, 15) is 0 Å². The molecular formula is C26H46N2. The van der Waals surface area contributed by atoms with Gasteiger partial charge in [-0.15, -0.1) is 0 Å². The lowest BCUT2D eigenvalue weighted by atomic mass is 9.42. The maximum absolute atomic E-state index is 3.70. The lowest BCUT2D eigenvalue weighted by molar-refractivity contribution is -0.143. The van der Waals surface area contributed by atoms with Crippen LogP contribution in [0.4, 0.5) is 0 Å². The number of fused-ring (bicyclic) bond motifs is 2. The highest BCUT2D eigenvalue weighted by molar-refractivity contribution is 5.31. The molecule has 0 heterocycles. The summed E-state index contributed by atoms with van der Waals surface area (Å²) in [4.78, 5) is 0. The molecule has 0 bridgehead atoms. The molecular weight excluding hydrogens is 340 g/mol. The van der Waals surface area contributed by atoms with Gasteiger partial charge in [0.05, 0.1) is 0 Å². The first-order valence-corrected chi connectivity index (χ1v) is 12.5. The minimum absolute atomic E-state index is 0.460. The van der Waals surface area contributed by atoms with E-state index in [1.54, 1.807) is 6.42 Å². The van der Waals surface area contributed by atoms with Gasteiger partial charge in [-0.25, -0.2) is 0 Å². The average molecular weight is 387 g/mol. The number of hydrogen-bond donors (Lipinski definition) is 2. The van der Waals surface area contributed by atoms with Crippen LogP contribution in [0.3, 0.4) is 0 Å². The van der Waals surface area contributed by atoms with Crippen LogP contribution in [-0.2, 0) is 0 Å². The van der Waals surface area contributed by atoms with Crippen LogP contribution < -0.4 is 10.6 Å². The number of rotatable bonds is 3. The quantitative estimate of drug-likeness (QED) is 0.657. The highest BCUT2D eigenvalue weighted by Gasteiger charge is 2.82. The summed E-state index contributed by atoms with van der Waals surface area (Å²) in [6.07, 6.45) is 13.4. The van der Waals surface area contributed by atoms with Crippen LogP contribution in [0.1, 0.15) is 92.4 Å². The van der Waals surface area contributed by atoms with Crippen LogP contribution >= 0.6 is 0 Å². The molecule has 9 atom stereocenters. The second-order valence-electron chi connectivity index (χ2n) is 12.9. The van der Waals surface area contributed by atoms with Gasteiger partial charge in [0, 0.05) is 12.1 Å². The van der Waals surface area contributed by atoms with Crippen molar-refractivity contribution in [1.82, 2.24) is 10.6 Å². The summed E-state index contributed by atoms with van der Waals surface area (Å²) in [5, 5.41) is 7.33. The van der Waals surface area contributed by atoms with Gasteiger partial charge < -0.3 is 10.6 Å². The molecule has 5 aliphatic carbocycles. The van der Waals surface area contributed by atoms with Gasteiger partial charge in [0.1, 0.15) is 0 Å². The minimum Gasteiger partial charge on any atom is -0.317 e. The van der Waals surface area contributed by atoms with E-state index in [0.29, 0.717) is 39.2 Å². The Morgan fingerprint density at radius 2 is 1.43 bits per heavy atom. The number of nitrogens with one attached hydrogen (secondary N) is 2. The highest BCUT2D eigenvalue weighted by Crippen LogP contribution is 2.88. The molecule has 5 fully saturated rings. The molecule has 0 aromatic carbocycles. The lowest BCUT2D eigenvalue weighted by Gasteiger charge is -2.63. The Kier molecular flexibility index (Phi) is 4.10. The third kappa shape index (κ3) is 1.99. The standard InChI is InChI=1S/C26H46N2/c1-17(27-6)18-10-12-24(5)20-9-8-19-22(2,3)21(28-7)11-13-25(19)16-26(20,25)15-14-23(18,24)4/h17-21,27-28H,8-16H2,1-7H3/t17-,18+,19-,20-,21-,23+,24-,25+,26-/m0/s1. The first-order valence-electron chi connectivity index (χ1n) is 12.5. The molecule has 0 unspecified atom stereocenters. The Hall–Kier alpha value is -0.0800. The predicted molar refractivity (Wildman–Crippen MR) is 118 cm³/mol. The first kappa shape index (κ1) is 19.9. The Balaban J connectivity index is 1.50. The van der Waals surface area contributed by atoms with Crippen molar-refractivity contribution in [3.05, 3.63) is 0 Å². The molecule has 2 spiro atoms. The Morgan fingerprint density at radius 1 is 0.750 bits per heavy atom. The van der Waals surface area contributed by atoms with Crippen molar-refractivity contribution in [3.8, 4) is 0 Å². The van der Waals surface area contributed by atoms with Crippen LogP contribution in [0.2, 0.25) is 0 Å². The second kappa shape index (κ2) is 5.78. The molecule has 5 aliphatic rings. The van der Waals surface area contributed by atoms with Gasteiger partial charge in [-0.3, -0.25) is 0 Å². The molecule has 160 valence electrons. The molecule has 0 radical (unpaired) electrons. The Labute approximate surface area is 174 Å². The van der Waals surface area contributed by atoms with Crippen molar-refractivity contribution in [2.75, 3.05) is 14.1 Å². The Bertz CT molecular complexity index is 657. The van der Waals surface area contributed by atoms with E-state index in [1.807, 2.05) is 0 Å². The van der Waals surface area contributed by atoms with E-state index in [1.165, 1.54) is 51.4 Å². The van der Waals surface area contributed by atoms with Crippen LogP contribution in [0.15, 0.2) is 0 Å². The molecule has 5 saturated carbocycles. The van der Waals surface area contributed by atoms with Gasteiger partial charge in [-0.05, 0) is 124 Å². The SMILES string of the molecule is CN[C@@H](C)[C@H]1CC[C@@]2(C)[C@@H]3CC[C@H]4C(C)(C)[C@@H](NC)CC[C@@]45C[C@@]35CC[C@]12C. The topological polar surface area (TPSA) is 24.1 Å². The summed E-state index contributed by atoms with van der Waals surface area (Å²) in [5.41, 5.74) is 2.98. The van der Waals surface area contributed by atoms with Gasteiger partial charge in [0.2, 0.25) is 0 Å². The van der Waals surface area contributed by atoms with Crippen LogP contribution in [0, 0.1) is 44.8 Å². The van der Waals surface area contributed by atoms with Crippen molar-refractivity contribution in [2.24, 2.45) is 44.8 Å². The van der Waals surface area contributed by atoms with E-state index >= 15 is 0 Å². The average Bonchev–Trinajstić information content (AvgIpc) is 3.24. The fourth-order valence-electron chi connectivity index (χ4n) is 10.9. The minimum atomic E-state index is 0.460. The van der Waals surface area contributed by atoms with Crippen LogP contribution in [0.25, 0.3) is 0 Å². The maximum Gasteiger partial charge on any atom is 0.0118 e. The second-order valence-corrected chi connectivity index (χ2v) is 12.9. The van der Waals surface area contributed by atoms with E-state index in [-0.39, 0.29) is 0 Å². The van der Waals surface area contributed by atoms with Crippen molar-refractivity contribution < 1.29 is 0 Å². The Morgan fingerprint density at radius 3 is 2.11 bits per heavy atom. The van der Waals surface area contributed by atoms with Crippen molar-refractivity contribution in [3.63, 3.8) is 0 Å². The fourth-order valence-corrected chi connectivity index (χ4v) is 10.9. The smallest absolute Gasteiger partial charge is 0.0118 e. The summed E-state index contributed by atoms with van der Waals surface area (Å²) >= 11 is 0. The zero-order valence-corrected chi connectivity index (χ0v) is 19.8. The molecule has 28 heavy (non-hydrogen) atoms. The maximum atomic E-state index is 3.70. The van der Waals surface area contributed by atoms with E-state index in [0.717, 1.165) is 17.8 Å². The third-order valence-electron chi connectivity index (χ3n) is 12.6. The normalized spacial score (nSPS) is 57.5. The molecule has 0 aliphatic heterocycles. The molecule has 5 rings (SSSR count). The molecule has 0 aromatic heterocycles. The van der Waals surface area contributed by atoms with Gasteiger partial charge >= 0.3 is 0 Å². The number of hydrogen-bond acceptors (Lipinski definition) is 2. The molecule has 0 amide bonds.